The number of carbonyl (C=O) groups excluding carboxylic acids is 1. The number of thiophene rings is 1. The van der Waals surface area contributed by atoms with Crippen LogP contribution in [0.1, 0.15) is 15.2 Å². The summed E-state index contributed by atoms with van der Waals surface area (Å²) in [5, 5.41) is 9.83. The number of rotatable bonds is 3. The molecular formula is C13H8ClNO2S2. The van der Waals surface area contributed by atoms with Crippen LogP contribution < -0.4 is 0 Å². The van der Waals surface area contributed by atoms with Crippen molar-refractivity contribution in [1.29, 1.82) is 5.26 Å². The Hall–Kier alpha value is -1.48. The zero-order chi connectivity index (χ0) is 14.0. The van der Waals surface area contributed by atoms with Crippen LogP contribution in [0.4, 0.5) is 0 Å². The van der Waals surface area contributed by atoms with Crippen LogP contribution in [-0.4, -0.2) is 16.8 Å². The van der Waals surface area contributed by atoms with Crippen molar-refractivity contribution in [1.82, 2.24) is 0 Å². The lowest BCUT2D eigenvalue weighted by Gasteiger charge is -2.01. The summed E-state index contributed by atoms with van der Waals surface area (Å²) >= 11 is 6.92. The van der Waals surface area contributed by atoms with Crippen LogP contribution in [0.2, 0.25) is 5.02 Å². The van der Waals surface area contributed by atoms with Crippen LogP contribution in [0.15, 0.2) is 28.5 Å². The van der Waals surface area contributed by atoms with Gasteiger partial charge in [-0.15, -0.1) is 11.3 Å². The molecule has 0 amide bonds. The minimum Gasteiger partial charge on any atom is -0.297 e. The second kappa shape index (κ2) is 5.66. The summed E-state index contributed by atoms with van der Waals surface area (Å²) in [5.41, 5.74) is 1.55. The molecule has 1 unspecified atom stereocenters. The Bertz CT molecular complexity index is 699. The number of nitrogens with zero attached hydrogens (tertiary/aromatic N) is 1. The Labute approximate surface area is 121 Å². The second-order valence-electron chi connectivity index (χ2n) is 3.69. The Kier molecular flexibility index (Phi) is 4.15. The highest BCUT2D eigenvalue weighted by atomic mass is 35.5. The van der Waals surface area contributed by atoms with E-state index in [1.165, 1.54) is 6.26 Å². The monoisotopic (exact) mass is 309 g/mol. The Morgan fingerprint density at radius 3 is 2.47 bits per heavy atom. The van der Waals surface area contributed by atoms with E-state index in [1.807, 2.05) is 6.07 Å². The highest BCUT2D eigenvalue weighted by molar-refractivity contribution is 7.86. The van der Waals surface area contributed by atoms with Crippen LogP contribution in [0.3, 0.4) is 0 Å². The molecule has 0 saturated carbocycles. The van der Waals surface area contributed by atoms with Crippen LogP contribution in [0.5, 0.6) is 0 Å². The minimum absolute atomic E-state index is 0.301. The van der Waals surface area contributed by atoms with Crippen molar-refractivity contribution in [3.8, 4) is 17.2 Å². The molecule has 3 nitrogen and oxygen atoms in total. The van der Waals surface area contributed by atoms with Crippen molar-refractivity contribution in [2.24, 2.45) is 0 Å². The molecule has 0 spiro atoms. The van der Waals surface area contributed by atoms with Gasteiger partial charge in [0.2, 0.25) is 0 Å². The van der Waals surface area contributed by atoms with Crippen molar-refractivity contribution in [3.05, 3.63) is 39.7 Å². The molecule has 0 aliphatic carbocycles. The first-order valence-corrected chi connectivity index (χ1v) is 7.95. The predicted octanol–water partition coefficient (Wildman–Crippen LogP) is 3.49. The lowest BCUT2D eigenvalue weighted by molar-refractivity contribution is 0.112. The topological polar surface area (TPSA) is 57.9 Å². The molecule has 0 fully saturated rings. The number of carbonyl (C=O) groups is 1. The molecule has 2 aromatic rings. The van der Waals surface area contributed by atoms with E-state index in [0.29, 0.717) is 31.5 Å². The maximum atomic E-state index is 11.6. The highest BCUT2D eigenvalue weighted by Gasteiger charge is 2.21. The van der Waals surface area contributed by atoms with E-state index in [1.54, 1.807) is 24.3 Å². The summed E-state index contributed by atoms with van der Waals surface area (Å²) in [6, 6.07) is 8.89. The fourth-order valence-electron chi connectivity index (χ4n) is 1.72. The fourth-order valence-corrected chi connectivity index (χ4v) is 3.84. The lowest BCUT2D eigenvalue weighted by Crippen LogP contribution is -1.88. The SMILES string of the molecule is CS(=O)c1sc(C=O)c(-c2ccc(Cl)cc2)c1C#N. The van der Waals surface area contributed by atoms with Gasteiger partial charge in [-0.1, -0.05) is 23.7 Å². The van der Waals surface area contributed by atoms with E-state index in [-0.39, 0.29) is 0 Å². The largest absolute Gasteiger partial charge is 0.297 e. The van der Waals surface area contributed by atoms with Gasteiger partial charge in [0.05, 0.1) is 21.2 Å². The number of hydrogen-bond acceptors (Lipinski definition) is 4. The molecule has 1 heterocycles. The molecule has 96 valence electrons. The zero-order valence-corrected chi connectivity index (χ0v) is 12.2. The van der Waals surface area contributed by atoms with Crippen molar-refractivity contribution in [2.45, 2.75) is 4.21 Å². The number of benzene rings is 1. The highest BCUT2D eigenvalue weighted by Crippen LogP contribution is 2.37. The van der Waals surface area contributed by atoms with Gasteiger partial charge in [-0.05, 0) is 17.7 Å². The smallest absolute Gasteiger partial charge is 0.160 e. The molecule has 0 N–H and O–H groups in total. The number of hydrogen-bond donors (Lipinski definition) is 0. The lowest BCUT2D eigenvalue weighted by atomic mass is 10.0. The summed E-state index contributed by atoms with van der Waals surface area (Å²) in [5.74, 6) is 0. The van der Waals surface area contributed by atoms with Gasteiger partial charge in [-0.25, -0.2) is 0 Å². The van der Waals surface area contributed by atoms with Gasteiger partial charge in [0.1, 0.15) is 10.3 Å². The normalized spacial score (nSPS) is 11.8. The molecule has 19 heavy (non-hydrogen) atoms. The molecule has 0 radical (unpaired) electrons. The summed E-state index contributed by atoms with van der Waals surface area (Å²) in [6.45, 7) is 0. The first-order chi connectivity index (χ1) is 9.08. The molecule has 0 aliphatic heterocycles. The third-order valence-corrected chi connectivity index (χ3v) is 5.36. The van der Waals surface area contributed by atoms with Gasteiger partial charge in [-0.3, -0.25) is 9.00 Å². The molecule has 2 rings (SSSR count). The first kappa shape index (κ1) is 13.9. The van der Waals surface area contributed by atoms with Crippen molar-refractivity contribution < 1.29 is 9.00 Å². The molecular weight excluding hydrogens is 302 g/mol. The maximum absolute atomic E-state index is 11.6. The predicted molar refractivity (Wildman–Crippen MR) is 77.2 cm³/mol. The van der Waals surface area contributed by atoms with Gasteiger partial charge in [-0.2, -0.15) is 5.26 Å². The number of halogens is 1. The fraction of sp³-hybridized carbons (Fsp3) is 0.0769. The van der Waals surface area contributed by atoms with Crippen LogP contribution >= 0.6 is 22.9 Å². The molecule has 6 heteroatoms. The van der Waals surface area contributed by atoms with Crippen molar-refractivity contribution in [2.75, 3.05) is 6.26 Å². The van der Waals surface area contributed by atoms with Gasteiger partial charge < -0.3 is 0 Å². The van der Waals surface area contributed by atoms with Gasteiger partial charge in [0.15, 0.2) is 6.29 Å². The van der Waals surface area contributed by atoms with E-state index in [9.17, 15) is 14.3 Å². The first-order valence-electron chi connectivity index (χ1n) is 5.20. The Morgan fingerprint density at radius 2 is 2.00 bits per heavy atom. The third kappa shape index (κ3) is 2.61. The third-order valence-electron chi connectivity index (χ3n) is 2.52. The van der Waals surface area contributed by atoms with Crippen molar-refractivity contribution in [3.63, 3.8) is 0 Å². The average Bonchev–Trinajstić information content (AvgIpc) is 2.78. The summed E-state index contributed by atoms with van der Waals surface area (Å²) in [4.78, 5) is 11.6. The standard InChI is InChI=1S/C13H8ClNO2S2/c1-19(17)13-10(6-15)12(11(7-16)18-13)8-2-4-9(14)5-3-8/h2-5,7H,1H3. The molecule has 1 aromatic carbocycles. The summed E-state index contributed by atoms with van der Waals surface area (Å²) in [7, 11) is -1.30. The summed E-state index contributed by atoms with van der Waals surface area (Å²) in [6.07, 6.45) is 2.18. The molecule has 0 bridgehead atoms. The van der Waals surface area contributed by atoms with Gasteiger partial charge in [0.25, 0.3) is 0 Å². The van der Waals surface area contributed by atoms with Gasteiger partial charge >= 0.3 is 0 Å². The van der Waals surface area contributed by atoms with Crippen molar-refractivity contribution >= 4 is 40.0 Å². The van der Waals surface area contributed by atoms with Crippen LogP contribution in [0, 0.1) is 11.3 Å². The molecule has 0 saturated heterocycles. The van der Waals surface area contributed by atoms with E-state index in [0.717, 1.165) is 16.9 Å². The Morgan fingerprint density at radius 1 is 1.37 bits per heavy atom. The number of aldehydes is 1. The van der Waals surface area contributed by atoms with E-state index in [2.05, 4.69) is 0 Å². The van der Waals surface area contributed by atoms with E-state index in [4.69, 9.17) is 11.6 Å². The summed E-state index contributed by atoms with van der Waals surface area (Å²) < 4.78 is 12.1. The minimum atomic E-state index is -1.30. The maximum Gasteiger partial charge on any atom is 0.160 e. The zero-order valence-electron chi connectivity index (χ0n) is 9.84. The average molecular weight is 310 g/mol. The molecule has 0 aliphatic rings. The number of nitriles is 1. The molecule has 1 aromatic heterocycles. The quantitative estimate of drug-likeness (QED) is 0.815. The van der Waals surface area contributed by atoms with Crippen LogP contribution in [0.25, 0.3) is 11.1 Å². The van der Waals surface area contributed by atoms with E-state index < -0.39 is 10.8 Å². The van der Waals surface area contributed by atoms with Crippen LogP contribution in [-0.2, 0) is 10.8 Å². The second-order valence-corrected chi connectivity index (χ2v) is 6.76. The molecule has 1 atom stereocenters. The van der Waals surface area contributed by atoms with Gasteiger partial charge in [0, 0.05) is 16.8 Å². The van der Waals surface area contributed by atoms with E-state index >= 15 is 0 Å². The Balaban J connectivity index is 2.74.